The maximum absolute atomic E-state index is 13.2. The largest absolute Gasteiger partial charge is 0.487 e. The van der Waals surface area contributed by atoms with Crippen molar-refractivity contribution in [3.8, 4) is 5.75 Å². The van der Waals surface area contributed by atoms with Crippen LogP contribution in [0.25, 0.3) is 5.65 Å². The first-order valence-electron chi connectivity index (χ1n) is 14.2. The Morgan fingerprint density at radius 1 is 1.10 bits per heavy atom. The average molecular weight is 587 g/mol. The molecule has 3 aliphatic heterocycles. The summed E-state index contributed by atoms with van der Waals surface area (Å²) in [5, 5.41) is 18.6. The molecular formula is C31H31ClN6O4. The topological polar surface area (TPSA) is 104 Å². The Kier molecular flexibility index (Phi) is 7.19. The van der Waals surface area contributed by atoms with E-state index in [9.17, 15) is 9.90 Å². The lowest BCUT2D eigenvalue weighted by Gasteiger charge is -2.32. The fourth-order valence-electron chi connectivity index (χ4n) is 6.00. The van der Waals surface area contributed by atoms with Crippen LogP contribution in [0.5, 0.6) is 5.75 Å². The Bertz CT molecular complexity index is 1660. The molecule has 6 bridgehead atoms. The fourth-order valence-corrected chi connectivity index (χ4v) is 6.17. The number of benzene rings is 2. The smallest absolute Gasteiger partial charge is 0.227 e. The van der Waals surface area contributed by atoms with Crippen molar-refractivity contribution in [1.82, 2.24) is 14.6 Å². The molecule has 0 radical (unpaired) electrons. The Labute approximate surface area is 248 Å². The van der Waals surface area contributed by atoms with Crippen molar-refractivity contribution < 1.29 is 19.4 Å². The second-order valence-corrected chi connectivity index (χ2v) is 11.2. The van der Waals surface area contributed by atoms with Gasteiger partial charge in [0.2, 0.25) is 5.91 Å². The van der Waals surface area contributed by atoms with E-state index in [0.717, 1.165) is 22.5 Å². The number of aliphatic hydroxyl groups excluding tert-OH is 1. The van der Waals surface area contributed by atoms with Gasteiger partial charge >= 0.3 is 0 Å². The van der Waals surface area contributed by atoms with Crippen molar-refractivity contribution in [2.75, 3.05) is 41.5 Å². The van der Waals surface area contributed by atoms with Gasteiger partial charge < -0.3 is 29.7 Å². The van der Waals surface area contributed by atoms with Crippen molar-refractivity contribution in [2.45, 2.75) is 38.0 Å². The predicted molar refractivity (Wildman–Crippen MR) is 161 cm³/mol. The number of amides is 1. The number of nitrogens with one attached hydrogen (secondary N) is 1. The maximum Gasteiger partial charge on any atom is 0.227 e. The Morgan fingerprint density at radius 3 is 2.81 bits per heavy atom. The van der Waals surface area contributed by atoms with Crippen LogP contribution in [0.4, 0.5) is 23.0 Å². The number of rotatable bonds is 3. The average Bonchev–Trinajstić information content (AvgIpc) is 3.59. The summed E-state index contributed by atoms with van der Waals surface area (Å²) in [6.45, 7) is 1.78. The molecule has 5 heterocycles. The van der Waals surface area contributed by atoms with E-state index in [-0.39, 0.29) is 24.7 Å². The highest BCUT2D eigenvalue weighted by atomic mass is 35.5. The predicted octanol–water partition coefficient (Wildman–Crippen LogP) is 4.51. The van der Waals surface area contributed by atoms with E-state index in [1.165, 1.54) is 0 Å². The zero-order valence-corrected chi connectivity index (χ0v) is 23.7. The second-order valence-electron chi connectivity index (χ2n) is 10.8. The lowest BCUT2D eigenvalue weighted by Crippen LogP contribution is -2.35. The highest BCUT2D eigenvalue weighted by Crippen LogP contribution is 2.41. The summed E-state index contributed by atoms with van der Waals surface area (Å²) in [5.74, 6) is 2.02. The van der Waals surface area contributed by atoms with Gasteiger partial charge in [-0.2, -0.15) is 9.61 Å². The molecule has 11 heteroatoms. The molecule has 2 atom stereocenters. The number of carbonyl (C=O) groups is 1. The highest BCUT2D eigenvalue weighted by molar-refractivity contribution is 6.33. The number of anilines is 4. The van der Waals surface area contributed by atoms with Crippen LogP contribution in [0.15, 0.2) is 66.9 Å². The summed E-state index contributed by atoms with van der Waals surface area (Å²) in [6.07, 6.45) is 7.08. The molecule has 0 spiro atoms. The van der Waals surface area contributed by atoms with Gasteiger partial charge in [-0.3, -0.25) is 4.79 Å². The van der Waals surface area contributed by atoms with Crippen molar-refractivity contribution in [2.24, 2.45) is 0 Å². The molecule has 0 saturated carbocycles. The molecule has 216 valence electrons. The summed E-state index contributed by atoms with van der Waals surface area (Å²) in [6, 6.07) is 15.8. The number of nitrogens with zero attached hydrogens (tertiary/aromatic N) is 5. The van der Waals surface area contributed by atoms with E-state index in [1.54, 1.807) is 10.7 Å². The number of hydrogen-bond donors (Lipinski definition) is 2. The Hall–Kier alpha value is -4.12. The van der Waals surface area contributed by atoms with Crippen LogP contribution in [0.2, 0.25) is 5.02 Å². The Morgan fingerprint density at radius 2 is 1.95 bits per heavy atom. The Balaban J connectivity index is 1.33. The molecule has 10 nitrogen and oxygen atoms in total. The molecule has 2 N–H and O–H groups in total. The third-order valence-corrected chi connectivity index (χ3v) is 8.28. The van der Waals surface area contributed by atoms with Gasteiger partial charge in [0.05, 0.1) is 43.8 Å². The van der Waals surface area contributed by atoms with Crippen LogP contribution >= 0.6 is 11.6 Å². The summed E-state index contributed by atoms with van der Waals surface area (Å²) in [5.41, 5.74) is 4.16. The number of hydrogen-bond acceptors (Lipinski definition) is 8. The zero-order valence-electron chi connectivity index (χ0n) is 22.9. The summed E-state index contributed by atoms with van der Waals surface area (Å²) in [4.78, 5) is 21.9. The maximum atomic E-state index is 13.2. The number of aryl methyl sites for hydroxylation is 1. The lowest BCUT2D eigenvalue weighted by molar-refractivity contribution is -0.119. The van der Waals surface area contributed by atoms with E-state index in [4.69, 9.17) is 26.1 Å². The highest BCUT2D eigenvalue weighted by Gasteiger charge is 2.34. The molecule has 4 aromatic rings. The SMILES string of the molecule is O=C1CCc2cc3cc(c2N1Cc1ccccc1)OC/C=C/CO[C@H]1C[C@@H](CO)N(C1)c1cc(n2ncc(Cl)c2n1)N3. The van der Waals surface area contributed by atoms with Gasteiger partial charge in [-0.1, -0.05) is 48.0 Å². The number of aliphatic hydroxyl groups is 1. The van der Waals surface area contributed by atoms with Crippen molar-refractivity contribution >= 4 is 46.2 Å². The molecule has 2 aromatic heterocycles. The zero-order chi connectivity index (χ0) is 28.6. The number of ether oxygens (including phenoxy) is 2. The molecule has 42 heavy (non-hydrogen) atoms. The minimum absolute atomic E-state index is 0.0153. The monoisotopic (exact) mass is 586 g/mol. The summed E-state index contributed by atoms with van der Waals surface area (Å²) >= 11 is 6.51. The molecule has 1 amide bonds. The van der Waals surface area contributed by atoms with E-state index in [0.29, 0.717) is 73.6 Å². The molecule has 1 saturated heterocycles. The van der Waals surface area contributed by atoms with Gasteiger partial charge in [0, 0.05) is 30.8 Å². The molecule has 3 aliphatic rings. The number of aromatic nitrogens is 3. The van der Waals surface area contributed by atoms with Gasteiger partial charge in [-0.05, 0) is 36.1 Å². The van der Waals surface area contributed by atoms with E-state index in [2.05, 4.69) is 21.4 Å². The van der Waals surface area contributed by atoms with Crippen LogP contribution < -0.4 is 19.9 Å². The van der Waals surface area contributed by atoms with Crippen LogP contribution in [0.1, 0.15) is 24.0 Å². The summed E-state index contributed by atoms with van der Waals surface area (Å²) in [7, 11) is 0. The number of carbonyl (C=O) groups excluding carboxylic acids is 1. The fraction of sp³-hybridized carbons (Fsp3) is 0.323. The third-order valence-electron chi connectivity index (χ3n) is 8.02. The minimum atomic E-state index is -0.133. The van der Waals surface area contributed by atoms with Crippen LogP contribution in [-0.2, 0) is 22.5 Å². The van der Waals surface area contributed by atoms with Crippen LogP contribution in [0, 0.1) is 0 Å². The molecule has 0 unspecified atom stereocenters. The van der Waals surface area contributed by atoms with Gasteiger partial charge in [0.15, 0.2) is 5.65 Å². The van der Waals surface area contributed by atoms with Gasteiger partial charge in [0.1, 0.15) is 29.0 Å². The second kappa shape index (κ2) is 11.3. The van der Waals surface area contributed by atoms with Gasteiger partial charge in [-0.25, -0.2) is 4.98 Å². The summed E-state index contributed by atoms with van der Waals surface area (Å²) < 4.78 is 14.1. The lowest BCUT2D eigenvalue weighted by atomic mass is 9.98. The number of fused-ring (bicyclic) bond motifs is 11. The number of halogens is 1. The normalized spacial score (nSPS) is 21.1. The van der Waals surface area contributed by atoms with Crippen LogP contribution in [0.3, 0.4) is 0 Å². The van der Waals surface area contributed by atoms with Gasteiger partial charge in [-0.15, -0.1) is 0 Å². The molecule has 1 fully saturated rings. The van der Waals surface area contributed by atoms with Crippen molar-refractivity contribution in [3.63, 3.8) is 0 Å². The third kappa shape index (κ3) is 5.06. The van der Waals surface area contributed by atoms with Crippen molar-refractivity contribution in [3.05, 3.63) is 83.0 Å². The quantitative estimate of drug-likeness (QED) is 0.338. The molecule has 0 aliphatic carbocycles. The van der Waals surface area contributed by atoms with E-state index in [1.807, 2.05) is 59.5 Å². The first-order valence-corrected chi connectivity index (χ1v) is 14.5. The van der Waals surface area contributed by atoms with Crippen LogP contribution in [-0.4, -0.2) is 64.1 Å². The first-order chi connectivity index (χ1) is 20.6. The molecule has 2 aromatic carbocycles. The van der Waals surface area contributed by atoms with E-state index < -0.39 is 0 Å². The standard InChI is InChI=1S/C31H31ClN6O4/c32-25-16-33-38-28-15-27(35-31(25)38)36-18-24(14-23(36)19-39)41-10-4-5-11-42-26-13-22(34-28)12-21-8-9-29(40)37(30(21)26)17-20-6-2-1-3-7-20/h1-7,12-13,15-16,23-24,34,39H,8-11,14,17-19H2/b5-4+/t23-,24-/m0/s1. The molecular weight excluding hydrogens is 556 g/mol. The van der Waals surface area contributed by atoms with E-state index >= 15 is 0 Å². The minimum Gasteiger partial charge on any atom is -0.487 e. The van der Waals surface area contributed by atoms with Gasteiger partial charge in [0.25, 0.3) is 0 Å². The van der Waals surface area contributed by atoms with Crippen molar-refractivity contribution in [1.29, 1.82) is 0 Å². The molecule has 7 rings (SSSR count). The first kappa shape index (κ1) is 26.8.